The van der Waals surface area contributed by atoms with Crippen molar-refractivity contribution >= 4 is 41.7 Å². The summed E-state index contributed by atoms with van der Waals surface area (Å²) in [7, 11) is 2.79. The molecule has 1 unspecified atom stereocenters. The van der Waals surface area contributed by atoms with Gasteiger partial charge in [0.2, 0.25) is 23.6 Å². The SMILES string of the molecule is COC(=O)[C@@]1(O)CC/C=C/C(OC(=O)N(C)CCCNC(=O)[C@@H]2CCCN2C(=O)[C@H](CCCN=C(N)N)NC(=O)[C@@H]2CCCN2C(=O)[C@H](N)Cc2ccccc2)CC1. The van der Waals surface area contributed by atoms with Gasteiger partial charge < -0.3 is 57.1 Å². The predicted molar refractivity (Wildman–Crippen MR) is 215 cm³/mol. The molecule has 1 aromatic rings. The lowest BCUT2D eigenvalue weighted by atomic mass is 9.88. The van der Waals surface area contributed by atoms with Crippen LogP contribution >= 0.6 is 0 Å². The third kappa shape index (κ3) is 12.9. The largest absolute Gasteiger partial charge is 0.467 e. The number of hydrogen-bond donors (Lipinski definition) is 6. The standard InChI is InChI=1S/C40H61N9O9/c1-47(39(55)58-28-14-6-7-19-40(56,20-18-28)37(54)57-2)23-11-22-44-33(50)31-16-9-25-49(31)36(53)30(15-8-21-45-38(42)43)46-34(51)32-17-10-24-48(32)35(52)29(41)26-27-12-4-3-5-13-27/h3-6,12-14,28-32,56H,7-11,15-26,41H2,1-2H3,(H,44,50)(H,46,51)(H4,42,43,45)/b14-6+/t28?,29-,30+,31+,32+,40-/m1/s1. The number of nitrogens with one attached hydrogen (secondary N) is 2. The second-order valence-corrected chi connectivity index (χ2v) is 15.2. The molecule has 3 aliphatic rings. The van der Waals surface area contributed by atoms with Crippen LogP contribution in [0.15, 0.2) is 47.5 Å². The molecular weight excluding hydrogens is 750 g/mol. The summed E-state index contributed by atoms with van der Waals surface area (Å²) < 4.78 is 10.3. The molecule has 58 heavy (non-hydrogen) atoms. The maximum Gasteiger partial charge on any atom is 0.410 e. The molecule has 320 valence electrons. The number of esters is 1. The lowest BCUT2D eigenvalue weighted by Gasteiger charge is -2.31. The number of carbonyl (C=O) groups excluding carboxylic acids is 6. The Morgan fingerprint density at radius 3 is 2.31 bits per heavy atom. The highest BCUT2D eigenvalue weighted by molar-refractivity contribution is 5.95. The van der Waals surface area contributed by atoms with Gasteiger partial charge in [0, 0.05) is 39.8 Å². The smallest absolute Gasteiger partial charge is 0.410 e. The Balaban J connectivity index is 1.30. The molecule has 0 aromatic heterocycles. The molecule has 0 spiro atoms. The van der Waals surface area contributed by atoms with Crippen LogP contribution in [0.25, 0.3) is 0 Å². The molecule has 9 N–H and O–H groups in total. The molecule has 2 saturated heterocycles. The van der Waals surface area contributed by atoms with Crippen molar-refractivity contribution in [2.24, 2.45) is 22.2 Å². The average Bonchev–Trinajstić information content (AvgIpc) is 3.91. The Kier molecular flexibility index (Phi) is 17.3. The second kappa shape index (κ2) is 22.1. The van der Waals surface area contributed by atoms with Crippen LogP contribution in [0, 0.1) is 0 Å². The first-order valence-electron chi connectivity index (χ1n) is 20.2. The number of hydrogen-bond acceptors (Lipinski definition) is 11. The number of aliphatic hydroxyl groups is 1. The number of nitrogens with zero attached hydrogens (tertiary/aromatic N) is 4. The Bertz CT molecular complexity index is 1640. The van der Waals surface area contributed by atoms with Gasteiger partial charge in [-0.15, -0.1) is 0 Å². The van der Waals surface area contributed by atoms with Crippen molar-refractivity contribution in [1.82, 2.24) is 25.3 Å². The molecule has 2 aliphatic heterocycles. The summed E-state index contributed by atoms with van der Waals surface area (Å²) in [6.45, 7) is 1.40. The van der Waals surface area contributed by atoms with Crippen molar-refractivity contribution in [2.75, 3.05) is 46.9 Å². The first-order chi connectivity index (χ1) is 27.7. The van der Waals surface area contributed by atoms with E-state index in [9.17, 15) is 33.9 Å². The van der Waals surface area contributed by atoms with E-state index in [0.717, 1.165) is 5.56 Å². The summed E-state index contributed by atoms with van der Waals surface area (Å²) in [5.74, 6) is -2.37. The molecule has 2 heterocycles. The van der Waals surface area contributed by atoms with Gasteiger partial charge in [-0.25, -0.2) is 9.59 Å². The van der Waals surface area contributed by atoms with Gasteiger partial charge >= 0.3 is 12.1 Å². The number of ether oxygens (including phenoxy) is 2. The van der Waals surface area contributed by atoms with Crippen LogP contribution in [0.3, 0.4) is 0 Å². The van der Waals surface area contributed by atoms with Gasteiger partial charge in [0.05, 0.1) is 13.2 Å². The van der Waals surface area contributed by atoms with Crippen LogP contribution in [-0.4, -0.2) is 144 Å². The van der Waals surface area contributed by atoms with Gasteiger partial charge in [0.15, 0.2) is 11.6 Å². The van der Waals surface area contributed by atoms with Crippen molar-refractivity contribution in [3.05, 3.63) is 48.0 Å². The van der Waals surface area contributed by atoms with E-state index < -0.39 is 59.7 Å². The molecule has 0 radical (unpaired) electrons. The van der Waals surface area contributed by atoms with E-state index in [1.54, 1.807) is 19.2 Å². The summed E-state index contributed by atoms with van der Waals surface area (Å²) in [5, 5.41) is 16.5. The number of benzene rings is 1. The molecule has 6 atom stereocenters. The number of carbonyl (C=O) groups is 6. The number of likely N-dealkylation sites (tertiary alicyclic amines) is 2. The van der Waals surface area contributed by atoms with Crippen molar-refractivity contribution in [3.8, 4) is 0 Å². The van der Waals surface area contributed by atoms with Crippen molar-refractivity contribution in [3.63, 3.8) is 0 Å². The highest BCUT2D eigenvalue weighted by Crippen LogP contribution is 2.27. The van der Waals surface area contributed by atoms with Gasteiger partial charge in [0.25, 0.3) is 0 Å². The fraction of sp³-hybridized carbons (Fsp3) is 0.625. The van der Waals surface area contributed by atoms with Gasteiger partial charge in [-0.05, 0) is 88.7 Å². The minimum Gasteiger partial charge on any atom is -0.467 e. The summed E-state index contributed by atoms with van der Waals surface area (Å²) in [6.07, 6.45) is 6.55. The summed E-state index contributed by atoms with van der Waals surface area (Å²) >= 11 is 0. The number of allylic oxidation sites excluding steroid dienone is 1. The monoisotopic (exact) mass is 811 g/mol. The Morgan fingerprint density at radius 2 is 1.64 bits per heavy atom. The van der Waals surface area contributed by atoms with Gasteiger partial charge in [0.1, 0.15) is 24.2 Å². The maximum absolute atomic E-state index is 14.1. The van der Waals surface area contributed by atoms with Gasteiger partial charge in [-0.3, -0.25) is 24.2 Å². The van der Waals surface area contributed by atoms with E-state index >= 15 is 0 Å². The maximum atomic E-state index is 14.1. The lowest BCUT2D eigenvalue weighted by Crippen LogP contribution is -2.57. The molecule has 2 fully saturated rings. The second-order valence-electron chi connectivity index (χ2n) is 15.2. The zero-order chi connectivity index (χ0) is 42.2. The fourth-order valence-corrected chi connectivity index (χ4v) is 7.62. The minimum absolute atomic E-state index is 0.0777. The highest BCUT2D eigenvalue weighted by atomic mass is 16.6. The zero-order valence-electron chi connectivity index (χ0n) is 33.7. The Hall–Kier alpha value is -5.23. The zero-order valence-corrected chi connectivity index (χ0v) is 33.7. The highest BCUT2D eigenvalue weighted by Gasteiger charge is 2.41. The minimum atomic E-state index is -1.64. The van der Waals surface area contributed by atoms with Crippen LogP contribution in [0.2, 0.25) is 0 Å². The normalized spacial score (nSPS) is 23.3. The molecule has 18 heteroatoms. The van der Waals surface area contributed by atoms with E-state index in [2.05, 4.69) is 15.6 Å². The van der Waals surface area contributed by atoms with E-state index in [1.807, 2.05) is 30.3 Å². The van der Waals surface area contributed by atoms with Crippen LogP contribution in [-0.2, 0) is 39.9 Å². The molecular formula is C40H61N9O9. The van der Waals surface area contributed by atoms with Crippen molar-refractivity contribution in [1.29, 1.82) is 0 Å². The quantitative estimate of drug-likeness (QED) is 0.0401. The molecule has 5 amide bonds. The lowest BCUT2D eigenvalue weighted by molar-refractivity contribution is -0.164. The number of guanidine groups is 1. The van der Waals surface area contributed by atoms with E-state index in [0.29, 0.717) is 64.5 Å². The van der Waals surface area contributed by atoms with E-state index in [4.69, 9.17) is 26.7 Å². The summed E-state index contributed by atoms with van der Waals surface area (Å²) in [6, 6.07) is 6.02. The third-order valence-electron chi connectivity index (χ3n) is 10.9. The number of nitrogens with two attached hydrogens (primary N) is 3. The van der Waals surface area contributed by atoms with Crippen LogP contribution < -0.4 is 27.8 Å². The summed E-state index contributed by atoms with van der Waals surface area (Å²) in [4.78, 5) is 88.0. The number of aliphatic imine (C=N–C) groups is 1. The van der Waals surface area contributed by atoms with Crippen molar-refractivity contribution in [2.45, 2.75) is 113 Å². The topological polar surface area (TPSA) is 265 Å². The molecule has 0 saturated carbocycles. The van der Waals surface area contributed by atoms with Crippen LogP contribution in [0.1, 0.15) is 76.2 Å². The van der Waals surface area contributed by atoms with E-state index in [-0.39, 0.29) is 63.1 Å². The van der Waals surface area contributed by atoms with Crippen LogP contribution in [0.5, 0.6) is 0 Å². The van der Waals surface area contributed by atoms with Gasteiger partial charge in [-0.1, -0.05) is 36.4 Å². The third-order valence-corrected chi connectivity index (χ3v) is 10.9. The number of methoxy groups -OCH3 is 1. The van der Waals surface area contributed by atoms with Gasteiger partial charge in [-0.2, -0.15) is 0 Å². The molecule has 1 aliphatic carbocycles. The van der Waals surface area contributed by atoms with Crippen molar-refractivity contribution < 1.29 is 43.3 Å². The Morgan fingerprint density at radius 1 is 0.966 bits per heavy atom. The molecule has 4 rings (SSSR count). The fourth-order valence-electron chi connectivity index (χ4n) is 7.62. The summed E-state index contributed by atoms with van der Waals surface area (Å²) in [5.41, 5.74) is 16.6. The number of amides is 5. The average molecular weight is 812 g/mol. The Labute approximate surface area is 339 Å². The van der Waals surface area contributed by atoms with E-state index in [1.165, 1.54) is 21.8 Å². The number of rotatable bonds is 17. The first-order valence-corrected chi connectivity index (χ1v) is 20.2. The first kappa shape index (κ1) is 45.5. The predicted octanol–water partition coefficient (Wildman–Crippen LogP) is 0.0544. The molecule has 1 aromatic carbocycles. The molecule has 18 nitrogen and oxygen atoms in total. The van der Waals surface area contributed by atoms with Crippen LogP contribution in [0.4, 0.5) is 4.79 Å². The molecule has 0 bridgehead atoms.